The van der Waals surface area contributed by atoms with Crippen molar-refractivity contribution in [2.24, 2.45) is 0 Å². The van der Waals surface area contributed by atoms with E-state index in [1.807, 2.05) is 60.7 Å². The third-order valence-electron chi connectivity index (χ3n) is 10.4. The molecular weight excluding hydrogens is 701 g/mol. The van der Waals surface area contributed by atoms with Gasteiger partial charge in [0.2, 0.25) is 0 Å². The predicted molar refractivity (Wildman–Crippen MR) is 230 cm³/mol. The first-order chi connectivity index (χ1) is 27.8. The lowest BCUT2D eigenvalue weighted by molar-refractivity contribution is 1.07. The zero-order chi connectivity index (χ0) is 37.3. The molecule has 0 aliphatic carbocycles. The van der Waals surface area contributed by atoms with Crippen LogP contribution >= 0.6 is 10.0 Å². The molecule has 1 aliphatic heterocycles. The van der Waals surface area contributed by atoms with Gasteiger partial charge in [-0.05, 0) is 71.8 Å². The number of hydrogen-bond acceptors (Lipinski definition) is 4. The van der Waals surface area contributed by atoms with Gasteiger partial charge in [-0.2, -0.15) is 0 Å². The highest BCUT2D eigenvalue weighted by Gasteiger charge is 2.42. The van der Waals surface area contributed by atoms with E-state index in [-0.39, 0.29) is 0 Å². The molecule has 0 fully saturated rings. The van der Waals surface area contributed by atoms with Crippen molar-refractivity contribution in [1.29, 1.82) is 0 Å². The smallest absolute Gasteiger partial charge is 0.164 e. The van der Waals surface area contributed by atoms with Gasteiger partial charge >= 0.3 is 0 Å². The van der Waals surface area contributed by atoms with Crippen LogP contribution in [0.3, 0.4) is 0 Å². The Kier molecular flexibility index (Phi) is 8.55. The number of rotatable bonds is 7. The maximum atomic E-state index is 4.92. The van der Waals surface area contributed by atoms with Crippen molar-refractivity contribution < 1.29 is 0 Å². The van der Waals surface area contributed by atoms with E-state index in [0.717, 1.165) is 33.5 Å². The summed E-state index contributed by atoms with van der Waals surface area (Å²) in [6.07, 6.45) is 0. The average Bonchev–Trinajstić information content (AvgIpc) is 3.29. The fourth-order valence-electron chi connectivity index (χ4n) is 7.77. The topological polar surface area (TPSA) is 41.9 Å². The Bertz CT molecular complexity index is 2630. The Balaban J connectivity index is 1.02. The maximum absolute atomic E-state index is 4.92. The number of nitrogens with zero attached hydrogens (tertiary/aromatic N) is 4. The highest BCUT2D eigenvalue weighted by molar-refractivity contribution is 8.34. The van der Waals surface area contributed by atoms with Crippen LogP contribution in [0.25, 0.3) is 45.3 Å². The summed E-state index contributed by atoms with van der Waals surface area (Å²) in [4.78, 5) is 22.5. The SMILES string of the molecule is c1ccc(-c2nc(-c3ccccc3)nc(-c3ccc(-c4ccc(N5c6ccccc6S(c6ccccc6)(c6ccccc6)c6ccccc65)cc4)cc3)n2)cc1. The molecule has 5 heteroatoms. The number of aromatic nitrogens is 3. The Morgan fingerprint density at radius 3 is 1.04 bits per heavy atom. The quantitative estimate of drug-likeness (QED) is 0.163. The first kappa shape index (κ1) is 33.5. The van der Waals surface area contributed by atoms with Crippen molar-refractivity contribution in [3.05, 3.63) is 218 Å². The van der Waals surface area contributed by atoms with Crippen LogP contribution < -0.4 is 4.90 Å². The highest BCUT2D eigenvalue weighted by atomic mass is 32.3. The van der Waals surface area contributed by atoms with Crippen LogP contribution in [0, 0.1) is 0 Å². The van der Waals surface area contributed by atoms with Gasteiger partial charge in [0.1, 0.15) is 0 Å². The summed E-state index contributed by atoms with van der Waals surface area (Å²) >= 11 is 0. The third-order valence-corrected chi connectivity index (χ3v) is 14.3. The standard InChI is InChI=1S/C51H36N4S/c1-5-17-39(18-6-1)49-52-50(40-19-7-2-8-20-40)54-51(53-49)41-31-29-37(30-32-41)38-33-35-42(36-34-38)55-45-25-13-15-27-47(45)56(43-21-9-3-10-22-43,44-23-11-4-12-24-44)48-28-16-14-26-46(48)55/h1-36H. The molecule has 1 aliphatic rings. The number of hydrogen-bond donors (Lipinski definition) is 0. The third kappa shape index (κ3) is 5.77. The number of para-hydroxylation sites is 2. The van der Waals surface area contributed by atoms with E-state index >= 15 is 0 Å². The second kappa shape index (κ2) is 14.3. The van der Waals surface area contributed by atoms with Gasteiger partial charge in [0.25, 0.3) is 0 Å². The molecule has 0 unspecified atom stereocenters. The summed E-state index contributed by atoms with van der Waals surface area (Å²) < 4.78 is 0. The van der Waals surface area contributed by atoms with Crippen molar-refractivity contribution >= 4 is 27.1 Å². The lowest BCUT2D eigenvalue weighted by Gasteiger charge is -2.49. The summed E-state index contributed by atoms with van der Waals surface area (Å²) in [5.74, 6) is 1.95. The van der Waals surface area contributed by atoms with E-state index < -0.39 is 10.0 Å². The molecule has 0 saturated carbocycles. The molecule has 0 amide bonds. The van der Waals surface area contributed by atoms with Crippen molar-refractivity contribution in [3.8, 4) is 45.3 Å². The van der Waals surface area contributed by atoms with Gasteiger partial charge in [0.05, 0.1) is 11.4 Å². The molecule has 0 N–H and O–H groups in total. The fourth-order valence-corrected chi connectivity index (χ4v) is 11.9. The summed E-state index contributed by atoms with van der Waals surface area (Å²) in [7, 11) is -1.79. The predicted octanol–water partition coefficient (Wildman–Crippen LogP) is 13.7. The van der Waals surface area contributed by atoms with Gasteiger partial charge in [-0.15, -0.1) is 10.0 Å². The maximum Gasteiger partial charge on any atom is 0.164 e. The number of fused-ring (bicyclic) bond motifs is 2. The van der Waals surface area contributed by atoms with Gasteiger partial charge in [0, 0.05) is 42.0 Å². The van der Waals surface area contributed by atoms with Gasteiger partial charge in [0.15, 0.2) is 17.5 Å². The second-order valence-corrected chi connectivity index (χ2v) is 16.7. The number of benzene rings is 8. The van der Waals surface area contributed by atoms with E-state index in [1.54, 1.807) is 0 Å². The molecule has 4 nitrogen and oxygen atoms in total. The summed E-state index contributed by atoms with van der Waals surface area (Å²) in [6, 6.07) is 77.7. The van der Waals surface area contributed by atoms with E-state index in [0.29, 0.717) is 17.5 Å². The molecular formula is C51H36N4S. The molecule has 1 aromatic heterocycles. The van der Waals surface area contributed by atoms with Crippen LogP contribution in [0.15, 0.2) is 238 Å². The second-order valence-electron chi connectivity index (χ2n) is 13.7. The van der Waals surface area contributed by atoms with E-state index in [9.17, 15) is 0 Å². The summed E-state index contributed by atoms with van der Waals surface area (Å²) in [5, 5.41) is 0. The monoisotopic (exact) mass is 736 g/mol. The molecule has 0 saturated heterocycles. The van der Waals surface area contributed by atoms with Crippen LogP contribution in [-0.4, -0.2) is 15.0 Å². The van der Waals surface area contributed by atoms with Gasteiger partial charge in [-0.3, -0.25) is 0 Å². The van der Waals surface area contributed by atoms with Crippen molar-refractivity contribution in [3.63, 3.8) is 0 Å². The Morgan fingerprint density at radius 1 is 0.286 bits per heavy atom. The van der Waals surface area contributed by atoms with Crippen LogP contribution in [0.4, 0.5) is 17.1 Å². The zero-order valence-corrected chi connectivity index (χ0v) is 31.3. The van der Waals surface area contributed by atoms with Crippen LogP contribution in [0.2, 0.25) is 0 Å². The lowest BCUT2D eigenvalue weighted by atomic mass is 10.0. The van der Waals surface area contributed by atoms with E-state index in [1.165, 1.54) is 31.0 Å². The molecule has 266 valence electrons. The van der Waals surface area contributed by atoms with Gasteiger partial charge < -0.3 is 4.90 Å². The van der Waals surface area contributed by atoms with E-state index in [2.05, 4.69) is 163 Å². The molecule has 9 aromatic rings. The summed E-state index contributed by atoms with van der Waals surface area (Å²) in [5.41, 5.74) is 8.63. The normalized spacial score (nSPS) is 13.3. The summed E-state index contributed by atoms with van der Waals surface area (Å²) in [6.45, 7) is 0. The minimum atomic E-state index is -1.79. The molecule has 0 radical (unpaired) electrons. The van der Waals surface area contributed by atoms with Crippen molar-refractivity contribution in [2.45, 2.75) is 19.6 Å². The minimum absolute atomic E-state index is 0.645. The highest BCUT2D eigenvalue weighted by Crippen LogP contribution is 2.79. The zero-order valence-electron chi connectivity index (χ0n) is 30.5. The molecule has 8 aromatic carbocycles. The van der Waals surface area contributed by atoms with Crippen molar-refractivity contribution in [2.75, 3.05) is 4.90 Å². The minimum Gasteiger partial charge on any atom is -0.308 e. The largest absolute Gasteiger partial charge is 0.308 e. The molecule has 2 heterocycles. The molecule has 0 bridgehead atoms. The van der Waals surface area contributed by atoms with E-state index in [4.69, 9.17) is 15.0 Å². The number of anilines is 3. The van der Waals surface area contributed by atoms with Gasteiger partial charge in [-0.1, -0.05) is 158 Å². The molecule has 56 heavy (non-hydrogen) atoms. The Hall–Kier alpha value is -7.08. The van der Waals surface area contributed by atoms with Crippen LogP contribution in [0.1, 0.15) is 0 Å². The molecule has 10 rings (SSSR count). The van der Waals surface area contributed by atoms with Crippen LogP contribution in [0.5, 0.6) is 0 Å². The van der Waals surface area contributed by atoms with Crippen molar-refractivity contribution in [1.82, 2.24) is 15.0 Å². The Morgan fingerprint density at radius 2 is 0.607 bits per heavy atom. The molecule has 0 atom stereocenters. The fraction of sp³-hybridized carbons (Fsp3) is 0. The van der Waals surface area contributed by atoms with Crippen LogP contribution in [-0.2, 0) is 0 Å². The average molecular weight is 737 g/mol. The van der Waals surface area contributed by atoms with Gasteiger partial charge in [-0.25, -0.2) is 15.0 Å². The Labute approximate surface area is 328 Å². The first-order valence-electron chi connectivity index (χ1n) is 18.8. The first-order valence-corrected chi connectivity index (χ1v) is 20.4. The molecule has 0 spiro atoms. The lowest BCUT2D eigenvalue weighted by Crippen LogP contribution is -2.21.